The Hall–Kier alpha value is -2.10. The number of imidazole rings is 1. The summed E-state index contributed by atoms with van der Waals surface area (Å²) in [4.78, 5) is 21.9. The van der Waals surface area contributed by atoms with E-state index in [1.165, 1.54) is 6.42 Å². The highest BCUT2D eigenvalue weighted by Crippen LogP contribution is 2.57. The topological polar surface area (TPSA) is 49.0 Å². The first-order valence-electron chi connectivity index (χ1n) is 7.05. The molecule has 4 heteroatoms. The Balaban J connectivity index is 1.59. The number of aromatic amines is 1. The smallest absolute Gasteiger partial charge is 0.253 e. The number of amides is 1. The summed E-state index contributed by atoms with van der Waals surface area (Å²) in [5.74, 6) is 1.67. The first-order valence-corrected chi connectivity index (χ1v) is 7.05. The maximum absolute atomic E-state index is 12.6. The molecule has 2 atom stereocenters. The molecule has 4 nitrogen and oxygen atoms in total. The minimum Gasteiger partial charge on any atom is -0.345 e. The van der Waals surface area contributed by atoms with E-state index in [4.69, 9.17) is 0 Å². The van der Waals surface area contributed by atoms with E-state index < -0.39 is 0 Å². The van der Waals surface area contributed by atoms with Crippen LogP contribution in [0.3, 0.4) is 0 Å². The molecule has 102 valence electrons. The quantitative estimate of drug-likeness (QED) is 0.909. The first-order chi connectivity index (χ1) is 9.66. The van der Waals surface area contributed by atoms with E-state index in [1.807, 2.05) is 29.2 Å². The standard InChI is InChI=1S/C16H17N3O/c1-16-8-13(16)9-19(10-16)15(20)12-4-2-3-11(7-12)14-17-5-6-18-14/h2-7,13H,8-10H2,1H3,(H,17,18). The van der Waals surface area contributed by atoms with Gasteiger partial charge < -0.3 is 9.88 Å². The average Bonchev–Trinajstić information content (AvgIpc) is 2.90. The molecular formula is C16H17N3O. The summed E-state index contributed by atoms with van der Waals surface area (Å²) in [6, 6.07) is 7.70. The van der Waals surface area contributed by atoms with Gasteiger partial charge in [-0.25, -0.2) is 4.98 Å². The molecule has 1 saturated heterocycles. The van der Waals surface area contributed by atoms with Gasteiger partial charge in [0.05, 0.1) is 0 Å². The molecule has 2 heterocycles. The van der Waals surface area contributed by atoms with E-state index in [1.54, 1.807) is 12.4 Å². The van der Waals surface area contributed by atoms with Gasteiger partial charge in [-0.1, -0.05) is 19.1 Å². The molecule has 1 aliphatic carbocycles. The van der Waals surface area contributed by atoms with E-state index in [0.29, 0.717) is 5.41 Å². The predicted octanol–water partition coefficient (Wildman–Crippen LogP) is 2.56. The van der Waals surface area contributed by atoms with Crippen molar-refractivity contribution in [3.8, 4) is 11.4 Å². The SMILES string of the molecule is CC12CC1CN(C(=O)c1cccc(-c3ncc[nH]3)c1)C2. The van der Waals surface area contributed by atoms with Crippen molar-refractivity contribution in [2.24, 2.45) is 11.3 Å². The fourth-order valence-corrected chi connectivity index (χ4v) is 3.31. The summed E-state index contributed by atoms with van der Waals surface area (Å²) in [5, 5.41) is 0. The highest BCUT2D eigenvalue weighted by atomic mass is 16.2. The molecule has 2 fully saturated rings. The van der Waals surface area contributed by atoms with Gasteiger partial charge >= 0.3 is 0 Å². The highest BCUT2D eigenvalue weighted by molar-refractivity contribution is 5.95. The summed E-state index contributed by atoms with van der Waals surface area (Å²) in [6.45, 7) is 4.10. The molecule has 20 heavy (non-hydrogen) atoms. The summed E-state index contributed by atoms with van der Waals surface area (Å²) < 4.78 is 0. The monoisotopic (exact) mass is 267 g/mol. The lowest BCUT2D eigenvalue weighted by Crippen LogP contribution is -2.31. The van der Waals surface area contributed by atoms with Gasteiger partial charge in [-0.05, 0) is 29.9 Å². The Labute approximate surface area is 117 Å². The second-order valence-electron chi connectivity index (χ2n) is 6.26. The van der Waals surface area contributed by atoms with Crippen LogP contribution in [0, 0.1) is 11.3 Å². The number of likely N-dealkylation sites (tertiary alicyclic amines) is 1. The lowest BCUT2D eigenvalue weighted by atomic mass is 10.1. The summed E-state index contributed by atoms with van der Waals surface area (Å²) in [6.07, 6.45) is 4.79. The van der Waals surface area contributed by atoms with Crippen LogP contribution < -0.4 is 0 Å². The van der Waals surface area contributed by atoms with E-state index in [2.05, 4.69) is 16.9 Å². The maximum Gasteiger partial charge on any atom is 0.253 e. The number of nitrogens with zero attached hydrogens (tertiary/aromatic N) is 2. The Kier molecular flexibility index (Phi) is 2.31. The van der Waals surface area contributed by atoms with Crippen LogP contribution in [0.15, 0.2) is 36.7 Å². The minimum absolute atomic E-state index is 0.145. The van der Waals surface area contributed by atoms with Crippen LogP contribution in [0.5, 0.6) is 0 Å². The van der Waals surface area contributed by atoms with Crippen molar-refractivity contribution >= 4 is 5.91 Å². The number of piperidine rings is 1. The number of hydrogen-bond donors (Lipinski definition) is 1. The molecule has 0 radical (unpaired) electrons. The number of carbonyl (C=O) groups excluding carboxylic acids is 1. The van der Waals surface area contributed by atoms with Gasteiger partial charge in [0.2, 0.25) is 0 Å². The first kappa shape index (κ1) is 11.7. The van der Waals surface area contributed by atoms with Crippen LogP contribution in [0.4, 0.5) is 0 Å². The van der Waals surface area contributed by atoms with Crippen molar-refractivity contribution < 1.29 is 4.79 Å². The van der Waals surface area contributed by atoms with Crippen molar-refractivity contribution in [2.75, 3.05) is 13.1 Å². The van der Waals surface area contributed by atoms with Gasteiger partial charge in [-0.2, -0.15) is 0 Å². The van der Waals surface area contributed by atoms with Crippen LogP contribution in [0.1, 0.15) is 23.7 Å². The molecule has 1 aliphatic heterocycles. The van der Waals surface area contributed by atoms with E-state index in [-0.39, 0.29) is 5.91 Å². The highest BCUT2D eigenvalue weighted by Gasteiger charge is 2.57. The zero-order valence-corrected chi connectivity index (χ0v) is 11.5. The molecule has 2 aliphatic rings. The number of carbonyl (C=O) groups is 1. The molecule has 2 aromatic rings. The third-order valence-corrected chi connectivity index (χ3v) is 4.70. The van der Waals surface area contributed by atoms with Crippen LogP contribution in [-0.4, -0.2) is 33.9 Å². The number of hydrogen-bond acceptors (Lipinski definition) is 2. The van der Waals surface area contributed by atoms with E-state index in [9.17, 15) is 4.79 Å². The minimum atomic E-state index is 0.145. The summed E-state index contributed by atoms with van der Waals surface area (Å²) in [5.41, 5.74) is 2.11. The third-order valence-electron chi connectivity index (χ3n) is 4.70. The maximum atomic E-state index is 12.6. The molecule has 4 rings (SSSR count). The largest absolute Gasteiger partial charge is 0.345 e. The van der Waals surface area contributed by atoms with Crippen molar-refractivity contribution in [1.29, 1.82) is 0 Å². The Bertz CT molecular complexity index is 664. The van der Waals surface area contributed by atoms with Crippen LogP contribution in [0.25, 0.3) is 11.4 Å². The molecule has 1 N–H and O–H groups in total. The van der Waals surface area contributed by atoms with Gasteiger partial charge in [0, 0.05) is 36.6 Å². The van der Waals surface area contributed by atoms with Gasteiger partial charge in [0.25, 0.3) is 5.91 Å². The number of aromatic nitrogens is 2. The lowest BCUT2D eigenvalue weighted by molar-refractivity contribution is 0.0767. The summed E-state index contributed by atoms with van der Waals surface area (Å²) >= 11 is 0. The Morgan fingerprint density at radius 3 is 3.10 bits per heavy atom. The number of benzene rings is 1. The van der Waals surface area contributed by atoms with Gasteiger partial charge in [0.15, 0.2) is 0 Å². The number of H-pyrrole nitrogens is 1. The number of rotatable bonds is 2. The molecular weight excluding hydrogens is 250 g/mol. The fourth-order valence-electron chi connectivity index (χ4n) is 3.31. The third kappa shape index (κ3) is 1.75. The van der Waals surface area contributed by atoms with E-state index >= 15 is 0 Å². The van der Waals surface area contributed by atoms with Crippen molar-refractivity contribution in [3.05, 3.63) is 42.2 Å². The molecule has 1 saturated carbocycles. The van der Waals surface area contributed by atoms with Crippen LogP contribution >= 0.6 is 0 Å². The molecule has 2 unspecified atom stereocenters. The molecule has 1 aromatic heterocycles. The van der Waals surface area contributed by atoms with Crippen molar-refractivity contribution in [2.45, 2.75) is 13.3 Å². The lowest BCUT2D eigenvalue weighted by Gasteiger charge is -2.19. The van der Waals surface area contributed by atoms with Gasteiger partial charge in [0.1, 0.15) is 5.82 Å². The Morgan fingerprint density at radius 1 is 1.50 bits per heavy atom. The van der Waals surface area contributed by atoms with Crippen LogP contribution in [0.2, 0.25) is 0 Å². The molecule has 0 bridgehead atoms. The van der Waals surface area contributed by atoms with Gasteiger partial charge in [-0.3, -0.25) is 4.79 Å². The van der Waals surface area contributed by atoms with Crippen LogP contribution in [-0.2, 0) is 0 Å². The summed E-state index contributed by atoms with van der Waals surface area (Å²) in [7, 11) is 0. The molecule has 0 spiro atoms. The molecule has 1 aromatic carbocycles. The number of fused-ring (bicyclic) bond motifs is 1. The zero-order valence-electron chi connectivity index (χ0n) is 11.5. The van der Waals surface area contributed by atoms with Crippen molar-refractivity contribution in [3.63, 3.8) is 0 Å². The normalized spacial score (nSPS) is 27.4. The van der Waals surface area contributed by atoms with Gasteiger partial charge in [-0.15, -0.1) is 0 Å². The fraction of sp³-hybridized carbons (Fsp3) is 0.375. The predicted molar refractivity (Wildman–Crippen MR) is 76.1 cm³/mol. The Morgan fingerprint density at radius 2 is 2.40 bits per heavy atom. The second kappa shape index (κ2) is 3.95. The van der Waals surface area contributed by atoms with E-state index in [0.717, 1.165) is 36.0 Å². The zero-order chi connectivity index (χ0) is 13.7. The average molecular weight is 267 g/mol. The molecule has 1 amide bonds. The number of nitrogens with one attached hydrogen (secondary N) is 1. The second-order valence-corrected chi connectivity index (χ2v) is 6.26. The van der Waals surface area contributed by atoms with Crippen molar-refractivity contribution in [1.82, 2.24) is 14.9 Å².